The molecule has 3 nitrogen and oxygen atoms in total. The van der Waals surface area contributed by atoms with Gasteiger partial charge in [0.1, 0.15) is 5.78 Å². The summed E-state index contributed by atoms with van der Waals surface area (Å²) in [5, 5.41) is 0.130. The number of fused-ring (bicyclic) bond motifs is 1. The molecular formula is C18H30O3Si. The second kappa shape index (κ2) is 5.71. The van der Waals surface area contributed by atoms with E-state index < -0.39 is 13.7 Å². The molecule has 1 saturated carbocycles. The molecule has 0 radical (unpaired) electrons. The topological polar surface area (TPSA) is 43.4 Å². The Morgan fingerprint density at radius 1 is 1.14 bits per heavy atom. The van der Waals surface area contributed by atoms with Crippen molar-refractivity contribution in [1.82, 2.24) is 0 Å². The van der Waals surface area contributed by atoms with Crippen LogP contribution in [0.15, 0.2) is 11.1 Å². The van der Waals surface area contributed by atoms with E-state index in [4.69, 9.17) is 4.43 Å². The highest BCUT2D eigenvalue weighted by Crippen LogP contribution is 2.48. The molecule has 0 aromatic carbocycles. The molecule has 0 aliphatic heterocycles. The van der Waals surface area contributed by atoms with Gasteiger partial charge in [0.2, 0.25) is 0 Å². The Kier molecular flexibility index (Phi) is 4.57. The van der Waals surface area contributed by atoms with E-state index in [1.807, 2.05) is 6.92 Å². The third kappa shape index (κ3) is 2.87. The summed E-state index contributed by atoms with van der Waals surface area (Å²) in [5.74, 6) is 0.506. The van der Waals surface area contributed by atoms with E-state index in [0.29, 0.717) is 31.7 Å². The quantitative estimate of drug-likeness (QED) is 0.722. The minimum absolute atomic E-state index is 0.130. The maximum atomic E-state index is 12.8. The van der Waals surface area contributed by atoms with Gasteiger partial charge in [-0.25, -0.2) is 0 Å². The van der Waals surface area contributed by atoms with Crippen molar-refractivity contribution >= 4 is 19.9 Å². The molecule has 0 heterocycles. The van der Waals surface area contributed by atoms with Gasteiger partial charge in [-0.1, -0.05) is 20.8 Å². The third-order valence-corrected chi connectivity index (χ3v) is 10.6. The Labute approximate surface area is 135 Å². The predicted molar refractivity (Wildman–Crippen MR) is 91.4 cm³/mol. The summed E-state index contributed by atoms with van der Waals surface area (Å²) in [6, 6.07) is 0. The number of Topliss-reactive ketones (excluding diaryl/α,β-unsaturated/α-hetero) is 2. The normalized spacial score (nSPS) is 27.2. The van der Waals surface area contributed by atoms with Crippen LogP contribution in [-0.4, -0.2) is 26.5 Å². The third-order valence-electron chi connectivity index (χ3n) is 6.08. The van der Waals surface area contributed by atoms with Gasteiger partial charge in [0, 0.05) is 12.8 Å². The Morgan fingerprint density at radius 2 is 1.77 bits per heavy atom. The zero-order chi connectivity index (χ0) is 16.8. The van der Waals surface area contributed by atoms with Crippen molar-refractivity contribution in [2.75, 3.05) is 6.61 Å². The predicted octanol–water partition coefficient (Wildman–Crippen LogP) is 4.43. The molecule has 22 heavy (non-hydrogen) atoms. The summed E-state index contributed by atoms with van der Waals surface area (Å²) in [4.78, 5) is 24.8. The second-order valence-corrected chi connectivity index (χ2v) is 13.2. The van der Waals surface area contributed by atoms with Gasteiger partial charge < -0.3 is 4.43 Å². The first kappa shape index (κ1) is 17.6. The zero-order valence-corrected chi connectivity index (χ0v) is 16.0. The molecule has 0 aromatic rings. The lowest BCUT2D eigenvalue weighted by Crippen LogP contribution is -2.49. The Hall–Kier alpha value is -0.743. The molecule has 4 heteroatoms. The van der Waals surface area contributed by atoms with Crippen molar-refractivity contribution in [3.63, 3.8) is 0 Å². The van der Waals surface area contributed by atoms with Crippen LogP contribution in [-0.2, 0) is 14.0 Å². The van der Waals surface area contributed by atoms with Gasteiger partial charge in [-0.05, 0) is 55.5 Å². The standard InChI is InChI=1S/C18H30O3Si/c1-13-14-8-7-9-16(20)18(14,11-10-15(13)19)12-21-22(5,6)17(2,3)4/h7-12H2,1-6H3. The molecule has 0 N–H and O–H groups in total. The molecular weight excluding hydrogens is 292 g/mol. The lowest BCUT2D eigenvalue weighted by atomic mass is 9.62. The van der Waals surface area contributed by atoms with E-state index in [9.17, 15) is 9.59 Å². The maximum Gasteiger partial charge on any atom is 0.192 e. The van der Waals surface area contributed by atoms with E-state index in [-0.39, 0.29) is 10.8 Å². The molecule has 124 valence electrons. The molecule has 0 spiro atoms. The van der Waals surface area contributed by atoms with Crippen molar-refractivity contribution in [2.45, 2.75) is 77.9 Å². The lowest BCUT2D eigenvalue weighted by Gasteiger charge is -2.45. The van der Waals surface area contributed by atoms with Gasteiger partial charge in [0.15, 0.2) is 14.1 Å². The minimum Gasteiger partial charge on any atom is -0.415 e. The van der Waals surface area contributed by atoms with Gasteiger partial charge in [-0.2, -0.15) is 0 Å². The number of rotatable bonds is 3. The van der Waals surface area contributed by atoms with E-state index in [1.165, 1.54) is 0 Å². The van der Waals surface area contributed by atoms with Gasteiger partial charge in [-0.3, -0.25) is 9.59 Å². The summed E-state index contributed by atoms with van der Waals surface area (Å²) in [6.45, 7) is 13.5. The maximum absolute atomic E-state index is 12.8. The van der Waals surface area contributed by atoms with E-state index >= 15 is 0 Å². The van der Waals surface area contributed by atoms with Gasteiger partial charge >= 0.3 is 0 Å². The van der Waals surface area contributed by atoms with Crippen molar-refractivity contribution in [3.8, 4) is 0 Å². The van der Waals surface area contributed by atoms with Gasteiger partial charge in [0.05, 0.1) is 12.0 Å². The molecule has 2 aliphatic carbocycles. The summed E-state index contributed by atoms with van der Waals surface area (Å²) in [7, 11) is -1.90. The average molecular weight is 323 g/mol. The van der Waals surface area contributed by atoms with Gasteiger partial charge in [0.25, 0.3) is 0 Å². The SMILES string of the molecule is CC1=C2CCCC(=O)C2(CO[Si](C)(C)C(C)(C)C)CCC1=O. The van der Waals surface area contributed by atoms with Crippen LogP contribution in [0.1, 0.15) is 59.8 Å². The highest BCUT2D eigenvalue weighted by atomic mass is 28.4. The Balaban J connectivity index is 2.33. The van der Waals surface area contributed by atoms with E-state index in [0.717, 1.165) is 24.0 Å². The molecule has 0 bridgehead atoms. The van der Waals surface area contributed by atoms with Crippen LogP contribution in [0.3, 0.4) is 0 Å². The van der Waals surface area contributed by atoms with Gasteiger partial charge in [-0.15, -0.1) is 0 Å². The summed E-state index contributed by atoms with van der Waals surface area (Å²) < 4.78 is 6.42. The van der Waals surface area contributed by atoms with Crippen molar-refractivity contribution in [1.29, 1.82) is 0 Å². The number of hydrogen-bond donors (Lipinski definition) is 0. The van der Waals surface area contributed by atoms with Crippen molar-refractivity contribution in [2.24, 2.45) is 5.41 Å². The van der Waals surface area contributed by atoms with Crippen LogP contribution in [0.4, 0.5) is 0 Å². The Bertz CT molecular complexity index is 525. The van der Waals surface area contributed by atoms with Crippen molar-refractivity contribution in [3.05, 3.63) is 11.1 Å². The minimum atomic E-state index is -1.90. The first-order valence-corrected chi connectivity index (χ1v) is 11.3. The molecule has 1 atom stereocenters. The molecule has 2 aliphatic rings. The first-order chi connectivity index (χ1) is 10.0. The second-order valence-electron chi connectivity index (χ2n) is 8.43. The Morgan fingerprint density at radius 3 is 2.36 bits per heavy atom. The first-order valence-electron chi connectivity index (χ1n) is 8.42. The highest BCUT2D eigenvalue weighted by molar-refractivity contribution is 6.74. The molecule has 1 fully saturated rings. The number of ketones is 2. The summed E-state index contributed by atoms with van der Waals surface area (Å²) in [6.07, 6.45) is 3.52. The van der Waals surface area contributed by atoms with Crippen LogP contribution in [0.2, 0.25) is 18.1 Å². The fourth-order valence-corrected chi connectivity index (χ4v) is 4.39. The smallest absolute Gasteiger partial charge is 0.192 e. The largest absolute Gasteiger partial charge is 0.415 e. The molecule has 0 amide bonds. The van der Waals surface area contributed by atoms with Crippen LogP contribution in [0.5, 0.6) is 0 Å². The van der Waals surface area contributed by atoms with Crippen LogP contribution in [0, 0.1) is 5.41 Å². The monoisotopic (exact) mass is 322 g/mol. The number of hydrogen-bond acceptors (Lipinski definition) is 3. The van der Waals surface area contributed by atoms with E-state index in [1.54, 1.807) is 0 Å². The highest BCUT2D eigenvalue weighted by Gasteiger charge is 2.49. The van der Waals surface area contributed by atoms with E-state index in [2.05, 4.69) is 33.9 Å². The molecule has 0 saturated heterocycles. The summed E-state index contributed by atoms with van der Waals surface area (Å²) >= 11 is 0. The lowest BCUT2D eigenvalue weighted by molar-refractivity contribution is -0.132. The molecule has 2 rings (SSSR count). The number of carbonyl (C=O) groups excluding carboxylic acids is 2. The fourth-order valence-electron chi connectivity index (χ4n) is 3.35. The zero-order valence-electron chi connectivity index (χ0n) is 15.0. The van der Waals surface area contributed by atoms with Crippen LogP contribution < -0.4 is 0 Å². The molecule has 1 unspecified atom stereocenters. The van der Waals surface area contributed by atoms with Crippen LogP contribution in [0.25, 0.3) is 0 Å². The number of allylic oxidation sites excluding steroid dienone is 1. The average Bonchev–Trinajstić information content (AvgIpc) is 2.41. The molecule has 0 aromatic heterocycles. The van der Waals surface area contributed by atoms with Crippen molar-refractivity contribution < 1.29 is 14.0 Å². The number of carbonyl (C=O) groups is 2. The summed E-state index contributed by atoms with van der Waals surface area (Å²) in [5.41, 5.74) is 1.41. The van der Waals surface area contributed by atoms with Crippen LogP contribution >= 0.6 is 0 Å². The fraction of sp³-hybridized carbons (Fsp3) is 0.778.